The monoisotopic (exact) mass is 247 g/mol. The maximum atomic E-state index is 5.71. The zero-order valence-electron chi connectivity index (χ0n) is 10.4. The minimum atomic E-state index is -0.0420. The van der Waals surface area contributed by atoms with E-state index in [4.69, 9.17) is 14.9 Å². The van der Waals surface area contributed by atoms with Gasteiger partial charge in [0.1, 0.15) is 5.52 Å². The van der Waals surface area contributed by atoms with E-state index in [9.17, 15) is 0 Å². The molecule has 1 aromatic carbocycles. The topological polar surface area (TPSA) is 73.3 Å². The summed E-state index contributed by atoms with van der Waals surface area (Å²) in [5, 5.41) is 3.20. The lowest BCUT2D eigenvalue weighted by Crippen LogP contribution is -2.45. The Morgan fingerprint density at radius 3 is 3.00 bits per heavy atom. The standard InChI is InChI=1S/C13H17N3O2/c1-17-13(5-2-6-13)8-15-12-16-10-7-9(14)3-4-11(10)18-12/h3-4,7H,2,5-6,8,14H2,1H3,(H,15,16). The van der Waals surface area contributed by atoms with E-state index in [0.717, 1.165) is 30.5 Å². The van der Waals surface area contributed by atoms with Crippen molar-refractivity contribution in [2.75, 3.05) is 24.7 Å². The summed E-state index contributed by atoms with van der Waals surface area (Å²) in [6.45, 7) is 0.728. The normalized spacial score (nSPS) is 17.6. The molecule has 0 aliphatic heterocycles. The second-order valence-electron chi connectivity index (χ2n) is 4.84. The van der Waals surface area contributed by atoms with Gasteiger partial charge in [0.05, 0.1) is 5.60 Å². The summed E-state index contributed by atoms with van der Waals surface area (Å²) in [5.74, 6) is 0. The van der Waals surface area contributed by atoms with Crippen LogP contribution in [-0.4, -0.2) is 24.2 Å². The van der Waals surface area contributed by atoms with Crippen molar-refractivity contribution < 1.29 is 9.15 Å². The summed E-state index contributed by atoms with van der Waals surface area (Å²) < 4.78 is 11.1. The van der Waals surface area contributed by atoms with Gasteiger partial charge in [-0.2, -0.15) is 4.98 Å². The number of rotatable bonds is 4. The Bertz CT molecular complexity index is 555. The van der Waals surface area contributed by atoms with Gasteiger partial charge in [0.15, 0.2) is 5.58 Å². The molecule has 1 aromatic heterocycles. The fourth-order valence-electron chi connectivity index (χ4n) is 2.28. The van der Waals surface area contributed by atoms with Crippen LogP contribution in [-0.2, 0) is 4.74 Å². The maximum absolute atomic E-state index is 5.71. The van der Waals surface area contributed by atoms with E-state index in [1.54, 1.807) is 19.2 Å². The zero-order chi connectivity index (χ0) is 12.6. The third-order valence-electron chi connectivity index (χ3n) is 3.67. The molecule has 3 rings (SSSR count). The van der Waals surface area contributed by atoms with Gasteiger partial charge in [-0.1, -0.05) is 0 Å². The van der Waals surface area contributed by atoms with Crippen LogP contribution >= 0.6 is 0 Å². The van der Waals surface area contributed by atoms with Crippen LogP contribution in [0.15, 0.2) is 22.6 Å². The van der Waals surface area contributed by atoms with Crippen molar-refractivity contribution in [3.05, 3.63) is 18.2 Å². The highest BCUT2D eigenvalue weighted by Crippen LogP contribution is 2.35. The number of nitrogens with zero attached hydrogens (tertiary/aromatic N) is 1. The fourth-order valence-corrected chi connectivity index (χ4v) is 2.28. The number of nitrogen functional groups attached to an aromatic ring is 1. The van der Waals surface area contributed by atoms with Crippen LogP contribution < -0.4 is 11.1 Å². The molecule has 2 aromatic rings. The number of nitrogens with one attached hydrogen (secondary N) is 1. The fraction of sp³-hybridized carbons (Fsp3) is 0.462. The minimum Gasteiger partial charge on any atom is -0.424 e. The first-order valence-corrected chi connectivity index (χ1v) is 6.16. The molecular weight excluding hydrogens is 230 g/mol. The van der Waals surface area contributed by atoms with Crippen LogP contribution in [0, 0.1) is 0 Å². The van der Waals surface area contributed by atoms with Gasteiger partial charge in [0.2, 0.25) is 0 Å². The highest BCUT2D eigenvalue weighted by molar-refractivity contribution is 5.78. The number of hydrogen-bond donors (Lipinski definition) is 2. The second-order valence-corrected chi connectivity index (χ2v) is 4.84. The molecule has 1 saturated carbocycles. The van der Waals surface area contributed by atoms with Crippen molar-refractivity contribution in [1.82, 2.24) is 4.98 Å². The molecule has 0 spiro atoms. The number of fused-ring (bicyclic) bond motifs is 1. The van der Waals surface area contributed by atoms with Gasteiger partial charge in [0.25, 0.3) is 6.01 Å². The molecule has 0 saturated heterocycles. The number of benzene rings is 1. The number of methoxy groups -OCH3 is 1. The Morgan fingerprint density at radius 2 is 2.33 bits per heavy atom. The lowest BCUT2D eigenvalue weighted by atomic mass is 9.80. The lowest BCUT2D eigenvalue weighted by molar-refractivity contribution is -0.0604. The minimum absolute atomic E-state index is 0.0420. The molecule has 0 radical (unpaired) electrons. The van der Waals surface area contributed by atoms with E-state index in [0.29, 0.717) is 11.7 Å². The summed E-state index contributed by atoms with van der Waals surface area (Å²) in [5.41, 5.74) is 7.87. The smallest absolute Gasteiger partial charge is 0.295 e. The molecule has 1 aliphatic carbocycles. The summed E-state index contributed by atoms with van der Waals surface area (Å²) in [6, 6.07) is 5.97. The number of nitrogens with two attached hydrogens (primary N) is 1. The van der Waals surface area contributed by atoms with Gasteiger partial charge in [-0.15, -0.1) is 0 Å². The van der Waals surface area contributed by atoms with Crippen molar-refractivity contribution in [1.29, 1.82) is 0 Å². The first-order valence-electron chi connectivity index (χ1n) is 6.16. The Kier molecular flexibility index (Phi) is 2.63. The Morgan fingerprint density at radius 1 is 1.50 bits per heavy atom. The van der Waals surface area contributed by atoms with Gasteiger partial charge in [-0.05, 0) is 37.5 Å². The average Bonchev–Trinajstić information content (AvgIpc) is 2.70. The van der Waals surface area contributed by atoms with Crippen LogP contribution in [0.5, 0.6) is 0 Å². The second kappa shape index (κ2) is 4.17. The molecule has 96 valence electrons. The predicted molar refractivity (Wildman–Crippen MR) is 70.5 cm³/mol. The van der Waals surface area contributed by atoms with Crippen molar-refractivity contribution in [3.8, 4) is 0 Å². The average molecular weight is 247 g/mol. The van der Waals surface area contributed by atoms with Crippen LogP contribution in [0.3, 0.4) is 0 Å². The quantitative estimate of drug-likeness (QED) is 0.811. The van der Waals surface area contributed by atoms with Gasteiger partial charge < -0.3 is 20.2 Å². The third kappa shape index (κ3) is 1.90. The number of anilines is 2. The first-order chi connectivity index (χ1) is 8.71. The summed E-state index contributed by atoms with van der Waals surface area (Å²) in [4.78, 5) is 4.36. The molecule has 0 amide bonds. The van der Waals surface area contributed by atoms with E-state index < -0.39 is 0 Å². The molecule has 1 heterocycles. The van der Waals surface area contributed by atoms with Gasteiger partial charge in [0, 0.05) is 19.3 Å². The molecule has 3 N–H and O–H groups in total. The maximum Gasteiger partial charge on any atom is 0.295 e. The Balaban J connectivity index is 1.74. The van der Waals surface area contributed by atoms with Gasteiger partial charge in [-0.25, -0.2) is 0 Å². The molecule has 1 fully saturated rings. The molecule has 0 bridgehead atoms. The van der Waals surface area contributed by atoms with Crippen LogP contribution in [0.2, 0.25) is 0 Å². The van der Waals surface area contributed by atoms with E-state index in [-0.39, 0.29) is 5.60 Å². The van der Waals surface area contributed by atoms with E-state index >= 15 is 0 Å². The summed E-state index contributed by atoms with van der Waals surface area (Å²) in [6.07, 6.45) is 3.40. The highest BCUT2D eigenvalue weighted by atomic mass is 16.5. The van der Waals surface area contributed by atoms with Crippen LogP contribution in [0.1, 0.15) is 19.3 Å². The first kappa shape index (κ1) is 11.3. The molecule has 5 nitrogen and oxygen atoms in total. The molecule has 0 atom stereocenters. The molecule has 5 heteroatoms. The largest absolute Gasteiger partial charge is 0.424 e. The van der Waals surface area contributed by atoms with Crippen molar-refractivity contribution in [3.63, 3.8) is 0 Å². The van der Waals surface area contributed by atoms with Crippen molar-refractivity contribution in [2.45, 2.75) is 24.9 Å². The molecule has 18 heavy (non-hydrogen) atoms. The van der Waals surface area contributed by atoms with E-state index in [1.807, 2.05) is 6.07 Å². The SMILES string of the molecule is COC1(CNc2nc3cc(N)ccc3o2)CCC1. The number of oxazole rings is 1. The molecule has 0 unspecified atom stereocenters. The summed E-state index contributed by atoms with van der Waals surface area (Å²) >= 11 is 0. The predicted octanol–water partition coefficient (Wildman–Crippen LogP) is 2.39. The van der Waals surface area contributed by atoms with Gasteiger partial charge in [-0.3, -0.25) is 0 Å². The number of ether oxygens (including phenoxy) is 1. The zero-order valence-corrected chi connectivity index (χ0v) is 10.4. The van der Waals surface area contributed by atoms with Crippen molar-refractivity contribution in [2.24, 2.45) is 0 Å². The summed E-state index contributed by atoms with van der Waals surface area (Å²) in [7, 11) is 1.76. The van der Waals surface area contributed by atoms with Crippen LogP contribution in [0.25, 0.3) is 11.1 Å². The number of aromatic nitrogens is 1. The molecular formula is C13H17N3O2. The molecule has 1 aliphatic rings. The van der Waals surface area contributed by atoms with E-state index in [1.165, 1.54) is 6.42 Å². The van der Waals surface area contributed by atoms with Gasteiger partial charge >= 0.3 is 0 Å². The Labute approximate surface area is 105 Å². The number of hydrogen-bond acceptors (Lipinski definition) is 5. The lowest BCUT2D eigenvalue weighted by Gasteiger charge is -2.40. The highest BCUT2D eigenvalue weighted by Gasteiger charge is 2.37. The Hall–Kier alpha value is -1.75. The van der Waals surface area contributed by atoms with E-state index in [2.05, 4.69) is 10.3 Å². The van der Waals surface area contributed by atoms with Crippen molar-refractivity contribution >= 4 is 22.8 Å². The third-order valence-corrected chi connectivity index (χ3v) is 3.67. The van der Waals surface area contributed by atoms with Crippen LogP contribution in [0.4, 0.5) is 11.7 Å².